The van der Waals surface area contributed by atoms with Gasteiger partial charge in [0.05, 0.1) is 0 Å². The Kier molecular flexibility index (Phi) is 11.8. The van der Waals surface area contributed by atoms with Crippen molar-refractivity contribution in [2.75, 3.05) is 5.75 Å². The lowest BCUT2D eigenvalue weighted by Crippen LogP contribution is -2.33. The molecule has 0 radical (unpaired) electrons. The number of unbranched alkanes of at least 4 members (excludes halogenated alkanes) is 6. The van der Waals surface area contributed by atoms with Crippen LogP contribution in [-0.4, -0.2) is 20.2 Å². The average Bonchev–Trinajstić information content (AvgIpc) is 2.30. The molecule has 19 heavy (non-hydrogen) atoms. The van der Waals surface area contributed by atoms with E-state index in [1.165, 1.54) is 62.8 Å². The van der Waals surface area contributed by atoms with Crippen LogP contribution < -0.4 is 0 Å². The molecule has 0 spiro atoms. The SMILES string of the molecule is CC(C)O[Si](C)(C)CCCCCCCCCSC#N. The number of hydrogen-bond acceptors (Lipinski definition) is 3. The Labute approximate surface area is 125 Å². The van der Waals surface area contributed by atoms with Crippen molar-refractivity contribution in [3.63, 3.8) is 0 Å². The van der Waals surface area contributed by atoms with Crippen LogP contribution in [0.2, 0.25) is 19.1 Å². The summed E-state index contributed by atoms with van der Waals surface area (Å²) >= 11 is 1.38. The van der Waals surface area contributed by atoms with Gasteiger partial charge in [-0.2, -0.15) is 5.26 Å². The minimum Gasteiger partial charge on any atom is -0.415 e. The van der Waals surface area contributed by atoms with E-state index in [0.717, 1.165) is 5.75 Å². The maximum atomic E-state index is 8.39. The van der Waals surface area contributed by atoms with Crippen molar-refractivity contribution < 1.29 is 4.43 Å². The van der Waals surface area contributed by atoms with E-state index in [1.807, 2.05) is 0 Å². The number of thiocyanates is 1. The summed E-state index contributed by atoms with van der Waals surface area (Å²) in [6.45, 7) is 8.94. The van der Waals surface area contributed by atoms with Gasteiger partial charge in [0.25, 0.3) is 0 Å². The molecule has 0 aromatic rings. The van der Waals surface area contributed by atoms with E-state index in [0.29, 0.717) is 6.10 Å². The molecule has 0 amide bonds. The van der Waals surface area contributed by atoms with Crippen LogP contribution in [0.4, 0.5) is 0 Å². The highest BCUT2D eigenvalue weighted by atomic mass is 32.2. The third-order valence-electron chi connectivity index (χ3n) is 3.14. The molecule has 0 aliphatic carbocycles. The fourth-order valence-corrected chi connectivity index (χ4v) is 5.29. The Balaban J connectivity index is 3.29. The Morgan fingerprint density at radius 3 is 2.05 bits per heavy atom. The van der Waals surface area contributed by atoms with Crippen LogP contribution in [0.25, 0.3) is 0 Å². The van der Waals surface area contributed by atoms with Gasteiger partial charge in [-0.05, 0) is 51.2 Å². The van der Waals surface area contributed by atoms with Gasteiger partial charge in [-0.1, -0.05) is 38.5 Å². The molecule has 112 valence electrons. The monoisotopic (exact) mass is 301 g/mol. The fraction of sp³-hybridized carbons (Fsp3) is 0.933. The molecule has 4 heteroatoms. The van der Waals surface area contributed by atoms with Gasteiger partial charge >= 0.3 is 0 Å². The van der Waals surface area contributed by atoms with Crippen LogP contribution in [-0.2, 0) is 4.43 Å². The zero-order chi connectivity index (χ0) is 14.6. The Morgan fingerprint density at radius 2 is 1.53 bits per heavy atom. The topological polar surface area (TPSA) is 33.0 Å². The molecule has 0 bridgehead atoms. The molecule has 0 N–H and O–H groups in total. The maximum Gasteiger partial charge on any atom is 0.187 e. The van der Waals surface area contributed by atoms with E-state index in [4.69, 9.17) is 9.69 Å². The van der Waals surface area contributed by atoms with Gasteiger partial charge in [0, 0.05) is 11.9 Å². The molecule has 0 heterocycles. The predicted octanol–water partition coefficient (Wildman–Crippen LogP) is 5.56. The Hall–Kier alpha value is 0.0169. The van der Waals surface area contributed by atoms with Crippen molar-refractivity contribution in [2.24, 2.45) is 0 Å². The molecule has 0 aliphatic heterocycles. The summed E-state index contributed by atoms with van der Waals surface area (Å²) in [4.78, 5) is 0. The van der Waals surface area contributed by atoms with E-state index >= 15 is 0 Å². The van der Waals surface area contributed by atoms with Crippen molar-refractivity contribution in [3.8, 4) is 5.40 Å². The van der Waals surface area contributed by atoms with Crippen molar-refractivity contribution >= 4 is 20.1 Å². The number of hydrogen-bond donors (Lipinski definition) is 0. The maximum absolute atomic E-state index is 8.39. The number of nitriles is 1. The minimum atomic E-state index is -1.39. The van der Waals surface area contributed by atoms with Gasteiger partial charge in [-0.15, -0.1) is 0 Å². The van der Waals surface area contributed by atoms with Gasteiger partial charge in [0.1, 0.15) is 5.40 Å². The second-order valence-corrected chi connectivity index (χ2v) is 11.2. The number of nitrogens with zero attached hydrogens (tertiary/aromatic N) is 1. The van der Waals surface area contributed by atoms with Crippen molar-refractivity contribution in [1.29, 1.82) is 5.26 Å². The molecule has 0 aromatic carbocycles. The van der Waals surface area contributed by atoms with Crippen LogP contribution in [0, 0.1) is 10.7 Å². The lowest BCUT2D eigenvalue weighted by molar-refractivity contribution is 0.230. The lowest BCUT2D eigenvalue weighted by Gasteiger charge is -2.25. The molecular formula is C15H31NOSSi. The molecule has 0 rings (SSSR count). The van der Waals surface area contributed by atoms with E-state index in [9.17, 15) is 0 Å². The van der Waals surface area contributed by atoms with Crippen LogP contribution >= 0.6 is 11.8 Å². The molecule has 0 fully saturated rings. The first-order valence-electron chi connectivity index (χ1n) is 7.66. The summed E-state index contributed by atoms with van der Waals surface area (Å²) in [6, 6.07) is 1.30. The zero-order valence-corrected chi connectivity index (χ0v) is 15.0. The third kappa shape index (κ3) is 14.2. The van der Waals surface area contributed by atoms with E-state index < -0.39 is 8.32 Å². The molecule has 0 unspecified atom stereocenters. The van der Waals surface area contributed by atoms with Crippen LogP contribution in [0.15, 0.2) is 0 Å². The summed E-state index contributed by atoms with van der Waals surface area (Å²) in [5, 5.41) is 10.5. The first-order chi connectivity index (χ1) is 8.98. The Bertz CT molecular complexity index is 251. The van der Waals surface area contributed by atoms with Crippen molar-refractivity contribution in [3.05, 3.63) is 0 Å². The fourth-order valence-electron chi connectivity index (χ4n) is 2.35. The zero-order valence-electron chi connectivity index (χ0n) is 13.2. The molecule has 0 saturated heterocycles. The van der Waals surface area contributed by atoms with Crippen LogP contribution in [0.3, 0.4) is 0 Å². The second-order valence-electron chi connectivity index (χ2n) is 6.09. The van der Waals surface area contributed by atoms with Gasteiger partial charge in [0.2, 0.25) is 0 Å². The molecule has 0 atom stereocenters. The first kappa shape index (κ1) is 19.0. The number of thioether (sulfide) groups is 1. The third-order valence-corrected chi connectivity index (χ3v) is 6.43. The summed E-state index contributed by atoms with van der Waals surface area (Å²) in [5.41, 5.74) is 0. The molecular weight excluding hydrogens is 270 g/mol. The summed E-state index contributed by atoms with van der Waals surface area (Å²) in [7, 11) is -1.39. The lowest BCUT2D eigenvalue weighted by atomic mass is 10.1. The average molecular weight is 302 g/mol. The summed E-state index contributed by atoms with van der Waals surface area (Å²) in [6.07, 6.45) is 9.58. The van der Waals surface area contributed by atoms with E-state index in [2.05, 4.69) is 32.3 Å². The van der Waals surface area contributed by atoms with Gasteiger partial charge in [-0.3, -0.25) is 0 Å². The largest absolute Gasteiger partial charge is 0.415 e. The predicted molar refractivity (Wildman–Crippen MR) is 88.9 cm³/mol. The standard InChI is InChI=1S/C15H31NOSSi/c1-15(2)17-19(3,4)13-11-9-7-5-6-8-10-12-18-14-16/h15H,5-13H2,1-4H3. The second kappa shape index (κ2) is 11.8. The normalized spacial score (nSPS) is 11.8. The minimum absolute atomic E-state index is 0.382. The van der Waals surface area contributed by atoms with E-state index in [-0.39, 0.29) is 0 Å². The molecule has 0 aromatic heterocycles. The van der Waals surface area contributed by atoms with Crippen LogP contribution in [0.1, 0.15) is 58.8 Å². The summed E-state index contributed by atoms with van der Waals surface area (Å²) in [5.74, 6) is 1.00. The molecule has 0 saturated carbocycles. The molecule has 0 aliphatic rings. The van der Waals surface area contributed by atoms with Gasteiger partial charge in [0.15, 0.2) is 8.32 Å². The summed E-state index contributed by atoms with van der Waals surface area (Å²) < 4.78 is 6.03. The first-order valence-corrected chi connectivity index (χ1v) is 11.8. The smallest absolute Gasteiger partial charge is 0.187 e. The van der Waals surface area contributed by atoms with Crippen LogP contribution in [0.5, 0.6) is 0 Å². The van der Waals surface area contributed by atoms with E-state index in [1.54, 1.807) is 0 Å². The highest BCUT2D eigenvalue weighted by molar-refractivity contribution is 8.03. The number of rotatable bonds is 12. The highest BCUT2D eigenvalue weighted by Gasteiger charge is 2.22. The Morgan fingerprint density at radius 1 is 1.00 bits per heavy atom. The quantitative estimate of drug-likeness (QED) is 0.269. The van der Waals surface area contributed by atoms with Gasteiger partial charge in [-0.25, -0.2) is 0 Å². The molecule has 2 nitrogen and oxygen atoms in total. The van der Waals surface area contributed by atoms with Crippen molar-refractivity contribution in [1.82, 2.24) is 0 Å². The van der Waals surface area contributed by atoms with Crippen molar-refractivity contribution in [2.45, 2.75) is 84.0 Å². The van der Waals surface area contributed by atoms with Gasteiger partial charge < -0.3 is 4.43 Å². The highest BCUT2D eigenvalue weighted by Crippen LogP contribution is 2.19.